The van der Waals surface area contributed by atoms with E-state index in [4.69, 9.17) is 62.6 Å². The van der Waals surface area contributed by atoms with Crippen LogP contribution in [0.2, 0.25) is 0 Å². The van der Waals surface area contributed by atoms with E-state index in [9.17, 15) is 43.2 Å². The number of benzene rings is 3. The molecule has 0 unspecified atom stereocenters. The summed E-state index contributed by atoms with van der Waals surface area (Å²) in [4.78, 5) is 153. The summed E-state index contributed by atoms with van der Waals surface area (Å²) in [6, 6.07) is 10.6. The number of hydrogen-bond acceptors (Lipinski definition) is 24. The minimum atomic E-state index is -3.37. The topological polar surface area (TPSA) is 360 Å². The number of fused-ring (bicyclic) bond motifs is 27. The molecule has 6 aliphatic carbocycles. The molecular formula is C104H137F2N12O18V3-3. The predicted octanol–water partition coefficient (Wildman–Crippen LogP) is 16.4. The van der Waals surface area contributed by atoms with E-state index >= 15 is 8.78 Å². The summed E-state index contributed by atoms with van der Waals surface area (Å²) in [6.45, 7) is 22.9. The summed E-state index contributed by atoms with van der Waals surface area (Å²) >= 11 is 0. The fraction of sp³-hybridized carbons (Fsp3) is 0.683. The van der Waals surface area contributed by atoms with Crippen molar-refractivity contribution in [1.82, 2.24) is 60.6 Å². The number of ether oxygens (including phenoxy) is 9. The Balaban J connectivity index is 0.000000174. The molecule has 30 nitrogen and oxygen atoms in total. The van der Waals surface area contributed by atoms with Gasteiger partial charge in [-0.2, -0.15) is 8.78 Å². The first-order chi connectivity index (χ1) is 65.0. The predicted molar refractivity (Wildman–Crippen MR) is 501 cm³/mol. The number of alkyl halides is 2. The molecule has 18 rings (SSSR count). The van der Waals surface area contributed by atoms with E-state index in [0.29, 0.717) is 126 Å². The molecule has 6 saturated carbocycles. The van der Waals surface area contributed by atoms with E-state index in [-0.39, 0.29) is 147 Å². The van der Waals surface area contributed by atoms with Gasteiger partial charge in [-0.25, -0.2) is 63.1 Å². The maximum absolute atomic E-state index is 16.2. The second kappa shape index (κ2) is 45.1. The van der Waals surface area contributed by atoms with Crippen LogP contribution in [-0.4, -0.2) is 213 Å². The molecule has 24 atom stereocenters. The fourth-order valence-corrected chi connectivity index (χ4v) is 24.6. The molecule has 0 spiro atoms. The van der Waals surface area contributed by atoms with Crippen LogP contribution < -0.4 is 44.4 Å². The van der Waals surface area contributed by atoms with Crippen LogP contribution >= 0.6 is 0 Å². The Kier molecular flexibility index (Phi) is 34.9. The van der Waals surface area contributed by atoms with Gasteiger partial charge >= 0.3 is 18.3 Å². The number of hydrogen-bond donors (Lipinski definition) is 3. The Bertz CT molecular complexity index is 5400. The van der Waals surface area contributed by atoms with Gasteiger partial charge in [0.15, 0.2) is 5.69 Å². The van der Waals surface area contributed by atoms with E-state index in [0.717, 1.165) is 119 Å². The number of nitrogens with one attached hydrogen (secondary N) is 3. The minimum absolute atomic E-state index is 0. The first-order valence-electron chi connectivity index (χ1n) is 49.9. The van der Waals surface area contributed by atoms with E-state index in [1.54, 1.807) is 32.4 Å². The maximum atomic E-state index is 16.2. The molecular weight excluding hydrogens is 1900 g/mol. The van der Waals surface area contributed by atoms with Gasteiger partial charge in [0.1, 0.15) is 83.4 Å². The van der Waals surface area contributed by atoms with Crippen LogP contribution in [-0.2, 0) is 117 Å². The molecule has 6 aromatic rings. The quantitative estimate of drug-likeness (QED) is 0.0941. The van der Waals surface area contributed by atoms with Gasteiger partial charge in [-0.1, -0.05) is 146 Å². The Labute approximate surface area is 850 Å². The van der Waals surface area contributed by atoms with Crippen LogP contribution in [0.4, 0.5) is 23.2 Å². The smallest absolute Gasteiger partial charge is 0.408 e. The molecule has 753 valence electrons. The summed E-state index contributed by atoms with van der Waals surface area (Å²) in [5.74, 6) is -0.126. The monoisotopic (exact) mass is 2030 g/mol. The van der Waals surface area contributed by atoms with Crippen molar-refractivity contribution < 1.29 is 150 Å². The molecule has 3 saturated heterocycles. The molecule has 12 bridgehead atoms. The first kappa shape index (κ1) is 108. The molecule has 35 heteroatoms. The summed E-state index contributed by atoms with van der Waals surface area (Å²) in [5.41, 5.74) is 2.41. The van der Waals surface area contributed by atoms with Crippen LogP contribution in [0.15, 0.2) is 54.6 Å². The van der Waals surface area contributed by atoms with Gasteiger partial charge in [-0.05, 0) is 233 Å². The Hall–Kier alpha value is -8.68. The van der Waals surface area contributed by atoms with Gasteiger partial charge in [0.2, 0.25) is 35.4 Å². The zero-order valence-electron chi connectivity index (χ0n) is 82.8. The van der Waals surface area contributed by atoms with Gasteiger partial charge < -0.3 is 87.7 Å². The van der Waals surface area contributed by atoms with E-state index in [2.05, 4.69) is 38.5 Å². The number of halogens is 2. The maximum Gasteiger partial charge on any atom is 0.408 e. The number of carbonyl (C=O) groups is 6. The normalized spacial score (nSPS) is 32.1. The average Bonchev–Trinajstić information content (AvgIpc) is 1.03. The average molecular weight is 2030 g/mol. The van der Waals surface area contributed by atoms with E-state index in [1.165, 1.54) is 34.7 Å². The fourth-order valence-electron chi connectivity index (χ4n) is 24.6. The van der Waals surface area contributed by atoms with Gasteiger partial charge in [-0.15, -0.1) is 0 Å². The number of nitrogens with zero attached hydrogens (tertiary/aromatic N) is 9. The molecule has 9 heterocycles. The second-order valence-electron chi connectivity index (χ2n) is 43.6. The number of methoxy groups -OCH3 is 3. The van der Waals surface area contributed by atoms with Crippen molar-refractivity contribution in [3.8, 4) is 34.9 Å². The van der Waals surface area contributed by atoms with Crippen molar-refractivity contribution in [2.75, 3.05) is 41.0 Å². The molecule has 6 aliphatic heterocycles. The van der Waals surface area contributed by atoms with Crippen molar-refractivity contribution >= 4 is 88.0 Å². The Morgan fingerprint density at radius 3 is 1.08 bits per heavy atom. The molecule has 139 heavy (non-hydrogen) atoms. The third kappa shape index (κ3) is 23.1. The summed E-state index contributed by atoms with van der Waals surface area (Å²) < 4.78 is 86.3. The third-order valence-corrected chi connectivity index (χ3v) is 32.0. The molecule has 3 N–H and O–H groups in total. The Morgan fingerprint density at radius 2 is 0.727 bits per heavy atom. The third-order valence-electron chi connectivity index (χ3n) is 32.0. The molecule has 3 radical (unpaired) electrons. The molecule has 3 aromatic carbocycles. The van der Waals surface area contributed by atoms with Gasteiger partial charge in [0.05, 0.1) is 74.1 Å². The zero-order valence-corrected chi connectivity index (χ0v) is 87.0. The Morgan fingerprint density at radius 1 is 0.403 bits per heavy atom. The van der Waals surface area contributed by atoms with Gasteiger partial charge in [0.25, 0.3) is 5.92 Å². The largest absolute Gasteiger partial charge is 0.540 e. The first-order valence-corrected chi connectivity index (χ1v) is 49.9. The number of aromatic nitrogens is 6. The molecule has 3 aromatic heterocycles. The van der Waals surface area contributed by atoms with Crippen LogP contribution in [0.5, 0.6) is 34.9 Å². The molecule has 9 fully saturated rings. The van der Waals surface area contributed by atoms with Crippen molar-refractivity contribution in [3.05, 3.63) is 71.7 Å². The number of rotatable bonds is 8. The summed E-state index contributed by atoms with van der Waals surface area (Å²) in [7, 11) is 4.72. The second-order valence-corrected chi connectivity index (χ2v) is 43.6. The standard InChI is InChI=1S/C35H45F2N4O6.C35H47N4O6.C34H45N4O6.3V/c1-6-22-26(18-42)41-17-27(22)46-31-29(38-24-13-12-21(45-5)16-25(24)39-31)35(36,37)14-8-7-9-23-19-10-11-20(15-19)28(23)47-33(44)40-30(32(41)43)34(2,3)4;1-6-23-28(19-40)39-18-29(23)44-32-26(36-25-15-14-22(43-5)17-27(25)37-32)11-9-7-8-10-24-20-12-13-21(16-20)30(24)45-34(42)38-31(33(39)41)35(2,3)4;1-19-27(18-39)38-17-28(19)43-31-25(35-24-14-13-22(42-5)16-26(24)36-31)10-8-6-7-9-23-20-11-12-21(15-20)29(23)44-33(41)37-30(32(38)40)34(2,3)4;;;/h12-13,16,19-20,22-23,26-28,30H,6-11,14-15,17H2,1-5H3,(H,40,44);14-15,17,20-21,23-24,28-31H,6-13,16,18H2,1-5H3,(H,38,42);13-14,16,19-21,23,27-30H,6-12,15,17H2,1-5H3,(H,37,41);;;/q3*-1;;;/t19-,20+,22+,23-,26-,27+,28-,30-;20-,21+,23+,24-,28-,29+,30-,31-;19-,20+,21-,23+,27+,28-,29+,30+;;;/m110.../s1. The zero-order chi connectivity index (χ0) is 96.7. The number of amides is 6. The number of aryl methyl sites for hydroxylation is 2. The van der Waals surface area contributed by atoms with E-state index < -0.39 is 119 Å². The summed E-state index contributed by atoms with van der Waals surface area (Å²) in [6.07, 6.45) is 23.0. The SMILES string of the molecule is CC[C@@H]1[C@@H]2CN(C(=O)[C@H](C(C)(C)C)NC(=O)O[C@@H]3[C@H]4CC[C@H](C4)[C@H]3CCCCC(F)(F)c3nc4ccc(OC)cc4nc3O2)[C@@H]1[C-]=O.CC[C@@H]1[C@@H]2CN(C(=O)[C@H](C(C)(C)C)NC(=O)O[C@@H]3[C@H]4CC[C@H](C4)[C@H]3CCCCCc3nc4ccc(OC)cc4nc3O2)[C@@H]1[C-]=O.COc1ccc2nc3c(nc2c1)O[C@H]1CN(C(=O)[C@H](C(C)(C)C)NC(=O)O[C@@H]2[C@H]4CC[C@H](C4)[C@H]2CCCCC3)[C@H]([C-]=O)[C@@H]1C.[V].[V].[V]. The van der Waals surface area contributed by atoms with Gasteiger partial charge in [-0.3, -0.25) is 14.4 Å². The molecule has 12 aliphatic rings. The van der Waals surface area contributed by atoms with Gasteiger partial charge in [0, 0.05) is 80.3 Å². The summed E-state index contributed by atoms with van der Waals surface area (Å²) in [5, 5.41) is 8.69. The van der Waals surface area contributed by atoms with Crippen molar-refractivity contribution in [2.45, 2.75) is 322 Å². The number of carbonyl (C=O) groups excluding carboxylic acids is 9. The number of alkyl carbamates (subject to hydrolysis) is 3. The minimum Gasteiger partial charge on any atom is -0.540 e. The van der Waals surface area contributed by atoms with Crippen molar-refractivity contribution in [2.24, 2.45) is 87.3 Å². The molecule has 6 amide bonds. The van der Waals surface area contributed by atoms with Crippen LogP contribution in [0.1, 0.15) is 248 Å². The van der Waals surface area contributed by atoms with Crippen molar-refractivity contribution in [1.29, 1.82) is 0 Å². The van der Waals surface area contributed by atoms with Crippen molar-refractivity contribution in [3.63, 3.8) is 0 Å². The van der Waals surface area contributed by atoms with Crippen LogP contribution in [0.25, 0.3) is 33.1 Å². The van der Waals surface area contributed by atoms with Crippen LogP contribution in [0.3, 0.4) is 0 Å². The van der Waals surface area contributed by atoms with E-state index in [1.807, 2.05) is 126 Å². The van der Waals surface area contributed by atoms with Crippen LogP contribution in [0, 0.1) is 87.3 Å².